The van der Waals surface area contributed by atoms with Crippen molar-refractivity contribution in [2.75, 3.05) is 13.1 Å². The molecule has 0 saturated carbocycles. The first kappa shape index (κ1) is 18.2. The highest BCUT2D eigenvalue weighted by atomic mass is 19.3. The van der Waals surface area contributed by atoms with E-state index >= 15 is 0 Å². The number of carbonyl (C=O) groups is 2. The highest BCUT2D eigenvalue weighted by Gasteiger charge is 2.52. The van der Waals surface area contributed by atoms with Crippen LogP contribution < -0.4 is 0 Å². The Hall–Kier alpha value is -2.55. The van der Waals surface area contributed by atoms with Crippen molar-refractivity contribution in [3.05, 3.63) is 47.0 Å². The lowest BCUT2D eigenvalue weighted by atomic mass is 9.61. The average molecular weight is 358 g/mol. The summed E-state index contributed by atoms with van der Waals surface area (Å²) < 4.78 is 25.5. The maximum atomic E-state index is 12.8. The van der Waals surface area contributed by atoms with E-state index in [9.17, 15) is 23.6 Å². The molecular weight excluding hydrogens is 338 g/mol. The molecule has 6 heteroatoms. The van der Waals surface area contributed by atoms with E-state index in [1.807, 2.05) is 19.9 Å². The molecule has 0 aromatic heterocycles. The van der Waals surface area contributed by atoms with E-state index in [4.69, 9.17) is 0 Å². The van der Waals surface area contributed by atoms with Crippen LogP contribution in [0, 0.1) is 22.2 Å². The van der Waals surface area contributed by atoms with Crippen LogP contribution in [0.25, 0.3) is 0 Å². The number of nitrogens with zero attached hydrogens (tertiary/aromatic N) is 2. The molecule has 26 heavy (non-hydrogen) atoms. The quantitative estimate of drug-likeness (QED) is 0.832. The number of amides is 1. The number of alkyl halides is 2. The highest BCUT2D eigenvalue weighted by molar-refractivity contribution is 6.04. The summed E-state index contributed by atoms with van der Waals surface area (Å²) >= 11 is 0. The second-order valence-corrected chi connectivity index (χ2v) is 7.84. The van der Waals surface area contributed by atoms with Crippen molar-refractivity contribution < 1.29 is 18.4 Å². The van der Waals surface area contributed by atoms with Crippen LogP contribution in [0.5, 0.6) is 0 Å². The van der Waals surface area contributed by atoms with Gasteiger partial charge >= 0.3 is 0 Å². The minimum absolute atomic E-state index is 0.145. The second-order valence-electron chi connectivity index (χ2n) is 7.84. The Morgan fingerprint density at radius 2 is 1.96 bits per heavy atom. The fourth-order valence-electron chi connectivity index (χ4n) is 4.13. The Balaban J connectivity index is 1.80. The molecule has 1 aliphatic carbocycles. The molecule has 3 rings (SSSR count). The van der Waals surface area contributed by atoms with Crippen LogP contribution in [0.15, 0.2) is 35.9 Å². The summed E-state index contributed by atoms with van der Waals surface area (Å²) in [6, 6.07) is 8.38. The van der Waals surface area contributed by atoms with Crippen molar-refractivity contribution >= 4 is 11.7 Å². The first-order valence-electron chi connectivity index (χ1n) is 8.51. The number of carbonyl (C=O) groups excluding carboxylic acids is 2. The monoisotopic (exact) mass is 358 g/mol. The van der Waals surface area contributed by atoms with E-state index in [-0.39, 0.29) is 17.3 Å². The lowest BCUT2D eigenvalue weighted by molar-refractivity contribution is -0.127. The first-order valence-corrected chi connectivity index (χ1v) is 8.51. The lowest BCUT2D eigenvalue weighted by Gasteiger charge is -2.53. The average Bonchev–Trinajstić information content (AvgIpc) is 2.54. The van der Waals surface area contributed by atoms with Gasteiger partial charge in [0, 0.05) is 35.9 Å². The zero-order valence-electron chi connectivity index (χ0n) is 14.8. The summed E-state index contributed by atoms with van der Waals surface area (Å²) in [7, 11) is 0. The van der Waals surface area contributed by atoms with Gasteiger partial charge in [-0.3, -0.25) is 9.59 Å². The molecule has 4 nitrogen and oxygen atoms in total. The molecule has 0 radical (unpaired) electrons. The predicted octanol–water partition coefficient (Wildman–Crippen LogP) is 3.39. The number of benzene rings is 1. The Morgan fingerprint density at radius 1 is 1.31 bits per heavy atom. The van der Waals surface area contributed by atoms with Crippen molar-refractivity contribution in [3.63, 3.8) is 0 Å². The molecule has 0 unspecified atom stereocenters. The standard InChI is InChI=1S/C20H20F2N2O2/c1-19(2)10-20(8-14(9-23)17(19)25)11-24(12-20)18(26)15-6-4-3-5-13(15)7-16(21)22/h3-6,8,16H,7,10-12H2,1-2H3. The number of likely N-dealkylation sites (tertiary alicyclic amines) is 1. The molecule has 0 bridgehead atoms. The zero-order chi connectivity index (χ0) is 19.1. The molecule has 1 aromatic rings. The molecule has 136 valence electrons. The zero-order valence-corrected chi connectivity index (χ0v) is 14.8. The second kappa shape index (κ2) is 6.31. The van der Waals surface area contributed by atoms with Crippen LogP contribution in [0.4, 0.5) is 8.78 Å². The third-order valence-corrected chi connectivity index (χ3v) is 5.14. The fourth-order valence-corrected chi connectivity index (χ4v) is 4.13. The molecule has 1 amide bonds. The maximum absolute atomic E-state index is 12.8. The predicted molar refractivity (Wildman–Crippen MR) is 91.6 cm³/mol. The Kier molecular flexibility index (Phi) is 4.43. The van der Waals surface area contributed by atoms with Gasteiger partial charge in [-0.2, -0.15) is 5.26 Å². The van der Waals surface area contributed by atoms with Crippen LogP contribution in [-0.4, -0.2) is 36.1 Å². The molecule has 1 aromatic carbocycles. The van der Waals surface area contributed by atoms with Gasteiger partial charge in [-0.05, 0) is 18.1 Å². The van der Waals surface area contributed by atoms with E-state index in [1.54, 1.807) is 35.2 Å². The van der Waals surface area contributed by atoms with Crippen LogP contribution in [0.1, 0.15) is 36.2 Å². The van der Waals surface area contributed by atoms with E-state index in [1.165, 1.54) is 0 Å². The SMILES string of the molecule is CC1(C)CC2(C=C(C#N)C1=O)CN(C(=O)c1ccccc1CC(F)F)C2. The molecule has 1 spiro atoms. The van der Waals surface area contributed by atoms with Crippen molar-refractivity contribution in [2.45, 2.75) is 33.1 Å². The fraction of sp³-hybridized carbons (Fsp3) is 0.450. The minimum Gasteiger partial charge on any atom is -0.337 e. The smallest absolute Gasteiger partial charge is 0.254 e. The number of rotatable bonds is 3. The van der Waals surface area contributed by atoms with Gasteiger partial charge in [-0.15, -0.1) is 0 Å². The lowest BCUT2D eigenvalue weighted by Crippen LogP contribution is -2.61. The molecule has 1 saturated heterocycles. The van der Waals surface area contributed by atoms with Gasteiger partial charge in [0.15, 0.2) is 5.78 Å². The van der Waals surface area contributed by atoms with Gasteiger partial charge in [0.05, 0.1) is 5.57 Å². The van der Waals surface area contributed by atoms with Gasteiger partial charge in [0.1, 0.15) is 6.07 Å². The molecule has 1 heterocycles. The van der Waals surface area contributed by atoms with Gasteiger partial charge in [-0.1, -0.05) is 38.1 Å². The van der Waals surface area contributed by atoms with Crippen molar-refractivity contribution in [2.24, 2.45) is 10.8 Å². The Bertz CT molecular complexity index is 830. The van der Waals surface area contributed by atoms with Crippen molar-refractivity contribution in [1.29, 1.82) is 5.26 Å². The van der Waals surface area contributed by atoms with Gasteiger partial charge < -0.3 is 4.90 Å². The van der Waals surface area contributed by atoms with Crippen LogP contribution in [-0.2, 0) is 11.2 Å². The normalized spacial score (nSPS) is 20.5. The third kappa shape index (κ3) is 3.14. The summed E-state index contributed by atoms with van der Waals surface area (Å²) in [4.78, 5) is 26.6. The Labute approximate surface area is 151 Å². The molecule has 0 atom stereocenters. The molecule has 1 aliphatic heterocycles. The molecular formula is C20H20F2N2O2. The molecule has 0 N–H and O–H groups in total. The van der Waals surface area contributed by atoms with Gasteiger partial charge in [0.25, 0.3) is 5.91 Å². The van der Waals surface area contributed by atoms with Crippen LogP contribution in [0.3, 0.4) is 0 Å². The molecule has 2 aliphatic rings. The van der Waals surface area contributed by atoms with Crippen LogP contribution >= 0.6 is 0 Å². The first-order chi connectivity index (χ1) is 12.2. The highest BCUT2D eigenvalue weighted by Crippen LogP contribution is 2.48. The maximum Gasteiger partial charge on any atom is 0.254 e. The number of allylic oxidation sites excluding steroid dienone is 1. The number of ketones is 1. The number of hydrogen-bond donors (Lipinski definition) is 0. The van der Waals surface area contributed by atoms with Gasteiger partial charge in [-0.25, -0.2) is 8.78 Å². The van der Waals surface area contributed by atoms with Gasteiger partial charge in [0.2, 0.25) is 6.43 Å². The number of hydrogen-bond acceptors (Lipinski definition) is 3. The van der Waals surface area contributed by atoms with E-state index < -0.39 is 23.7 Å². The minimum atomic E-state index is -2.52. The van der Waals surface area contributed by atoms with E-state index in [0.29, 0.717) is 30.6 Å². The summed E-state index contributed by atoms with van der Waals surface area (Å²) in [6.07, 6.45) is -0.721. The number of Topliss-reactive ketones (excluding diaryl/α,β-unsaturated/α-hetero) is 1. The van der Waals surface area contributed by atoms with E-state index in [2.05, 4.69) is 0 Å². The third-order valence-electron chi connectivity index (χ3n) is 5.14. The van der Waals surface area contributed by atoms with Crippen LogP contribution in [0.2, 0.25) is 0 Å². The Morgan fingerprint density at radius 3 is 2.58 bits per heavy atom. The number of halogens is 2. The summed E-state index contributed by atoms with van der Waals surface area (Å²) in [5, 5.41) is 9.23. The molecule has 1 fully saturated rings. The van der Waals surface area contributed by atoms with Crippen molar-refractivity contribution in [1.82, 2.24) is 4.90 Å². The van der Waals surface area contributed by atoms with E-state index in [0.717, 1.165) is 0 Å². The number of nitriles is 1. The summed E-state index contributed by atoms with van der Waals surface area (Å²) in [5.41, 5.74) is -0.274. The van der Waals surface area contributed by atoms with Crippen molar-refractivity contribution in [3.8, 4) is 6.07 Å². The largest absolute Gasteiger partial charge is 0.337 e. The summed E-state index contributed by atoms with van der Waals surface area (Å²) in [5.74, 6) is -0.453. The topological polar surface area (TPSA) is 61.2 Å². The summed E-state index contributed by atoms with van der Waals surface area (Å²) in [6.45, 7) is 4.39.